The zero-order valence-corrected chi connectivity index (χ0v) is 17.5. The summed E-state index contributed by atoms with van der Waals surface area (Å²) in [5.74, 6) is 0.216. The van der Waals surface area contributed by atoms with Crippen LogP contribution >= 0.6 is 11.8 Å². The van der Waals surface area contributed by atoms with E-state index in [1.54, 1.807) is 13.8 Å². The smallest absolute Gasteiger partial charge is 0.340 e. The van der Waals surface area contributed by atoms with Crippen molar-refractivity contribution < 1.29 is 13.9 Å². The summed E-state index contributed by atoms with van der Waals surface area (Å²) in [4.78, 5) is 37.3. The second-order valence-electron chi connectivity index (χ2n) is 6.95. The van der Waals surface area contributed by atoms with E-state index in [0.717, 1.165) is 5.75 Å². The Morgan fingerprint density at radius 1 is 1.24 bits per heavy atom. The summed E-state index contributed by atoms with van der Waals surface area (Å²) < 4.78 is 18.7. The fourth-order valence-corrected chi connectivity index (χ4v) is 3.75. The molecule has 6 nitrogen and oxygen atoms in total. The van der Waals surface area contributed by atoms with Gasteiger partial charge in [-0.1, -0.05) is 37.7 Å². The highest BCUT2D eigenvalue weighted by atomic mass is 32.2. The van der Waals surface area contributed by atoms with Crippen LogP contribution in [0.2, 0.25) is 0 Å². The summed E-state index contributed by atoms with van der Waals surface area (Å²) in [7, 11) is 0. The monoisotopic (exact) mass is 415 g/mol. The van der Waals surface area contributed by atoms with E-state index in [0.29, 0.717) is 27.9 Å². The van der Waals surface area contributed by atoms with Crippen molar-refractivity contribution in [2.75, 3.05) is 12.4 Å². The number of halogens is 1. The van der Waals surface area contributed by atoms with Crippen LogP contribution in [0.3, 0.4) is 0 Å². The lowest BCUT2D eigenvalue weighted by Crippen LogP contribution is -2.17. The summed E-state index contributed by atoms with van der Waals surface area (Å²) in [5, 5.41) is 0.649. The average molecular weight is 415 g/mol. The molecule has 2 aromatic heterocycles. The first-order valence-corrected chi connectivity index (χ1v) is 10.3. The molecule has 2 heterocycles. The minimum atomic E-state index is -0.587. The van der Waals surface area contributed by atoms with E-state index in [4.69, 9.17) is 4.74 Å². The Morgan fingerprint density at radius 3 is 2.55 bits per heavy atom. The van der Waals surface area contributed by atoms with E-state index in [1.807, 2.05) is 0 Å². The van der Waals surface area contributed by atoms with E-state index in [-0.39, 0.29) is 23.2 Å². The second kappa shape index (κ2) is 8.73. The van der Waals surface area contributed by atoms with Gasteiger partial charge in [-0.3, -0.25) is 4.79 Å². The number of benzene rings is 1. The number of hydrogen-bond donors (Lipinski definition) is 1. The van der Waals surface area contributed by atoms with Crippen LogP contribution in [0.25, 0.3) is 22.2 Å². The van der Waals surface area contributed by atoms with Gasteiger partial charge < -0.3 is 9.72 Å². The Hall–Kier alpha value is -2.74. The van der Waals surface area contributed by atoms with Crippen molar-refractivity contribution >= 4 is 28.8 Å². The molecule has 0 saturated carbocycles. The third-order valence-electron chi connectivity index (χ3n) is 4.18. The van der Waals surface area contributed by atoms with Crippen molar-refractivity contribution in [3.8, 4) is 11.1 Å². The number of nitrogens with one attached hydrogen (secondary N) is 1. The second-order valence-corrected chi connectivity index (χ2v) is 7.96. The van der Waals surface area contributed by atoms with Crippen LogP contribution in [0, 0.1) is 18.7 Å². The number of fused-ring (bicyclic) bond motifs is 1. The zero-order valence-electron chi connectivity index (χ0n) is 16.7. The van der Waals surface area contributed by atoms with E-state index in [9.17, 15) is 14.0 Å². The summed E-state index contributed by atoms with van der Waals surface area (Å²) in [5.41, 5.74) is 1.28. The lowest BCUT2D eigenvalue weighted by Gasteiger charge is -2.14. The van der Waals surface area contributed by atoms with Crippen molar-refractivity contribution in [3.63, 3.8) is 0 Å². The highest BCUT2D eigenvalue weighted by molar-refractivity contribution is 7.99. The molecule has 29 heavy (non-hydrogen) atoms. The highest BCUT2D eigenvalue weighted by Crippen LogP contribution is 2.32. The van der Waals surface area contributed by atoms with E-state index in [2.05, 4.69) is 28.8 Å². The number of thioether (sulfide) groups is 1. The lowest BCUT2D eigenvalue weighted by atomic mass is 9.96. The van der Waals surface area contributed by atoms with Crippen molar-refractivity contribution in [2.45, 2.75) is 32.9 Å². The third-order valence-corrected chi connectivity index (χ3v) is 5.48. The van der Waals surface area contributed by atoms with Gasteiger partial charge in [0.1, 0.15) is 5.82 Å². The number of aromatic amines is 1. The minimum Gasteiger partial charge on any atom is -0.462 e. The average Bonchev–Trinajstić information content (AvgIpc) is 2.66. The highest BCUT2D eigenvalue weighted by Gasteiger charge is 2.24. The predicted molar refractivity (Wildman–Crippen MR) is 112 cm³/mol. The summed E-state index contributed by atoms with van der Waals surface area (Å²) >= 11 is 1.44. The number of nitrogens with zero attached hydrogens (tertiary/aromatic N) is 2. The van der Waals surface area contributed by atoms with Crippen LogP contribution in [-0.2, 0) is 4.74 Å². The van der Waals surface area contributed by atoms with Gasteiger partial charge in [-0.15, -0.1) is 0 Å². The van der Waals surface area contributed by atoms with Crippen molar-refractivity contribution in [1.29, 1.82) is 0 Å². The number of carbonyl (C=O) groups is 1. The molecule has 3 aromatic rings. The summed E-state index contributed by atoms with van der Waals surface area (Å²) in [6.07, 6.45) is 0. The molecular weight excluding hydrogens is 393 g/mol. The molecule has 3 rings (SSSR count). The number of carbonyl (C=O) groups excluding carboxylic acids is 1. The topological polar surface area (TPSA) is 84.9 Å². The van der Waals surface area contributed by atoms with Gasteiger partial charge in [0, 0.05) is 11.3 Å². The predicted octanol–water partition coefficient (Wildman–Crippen LogP) is 4.36. The fourth-order valence-electron chi connectivity index (χ4n) is 2.94. The quantitative estimate of drug-likeness (QED) is 0.366. The number of aromatic nitrogens is 3. The molecule has 0 atom stereocenters. The van der Waals surface area contributed by atoms with Crippen LogP contribution in [0.4, 0.5) is 4.39 Å². The molecule has 0 aliphatic rings. The van der Waals surface area contributed by atoms with Gasteiger partial charge in [-0.2, -0.15) is 0 Å². The molecule has 0 amide bonds. The van der Waals surface area contributed by atoms with Crippen LogP contribution < -0.4 is 5.56 Å². The van der Waals surface area contributed by atoms with E-state index < -0.39 is 17.3 Å². The molecular formula is C21H22FN3O3S. The molecule has 0 aliphatic carbocycles. The maximum Gasteiger partial charge on any atom is 0.340 e. The molecule has 0 fully saturated rings. The van der Waals surface area contributed by atoms with Crippen molar-refractivity contribution in [3.05, 3.63) is 51.7 Å². The zero-order chi connectivity index (χ0) is 21.1. The van der Waals surface area contributed by atoms with Crippen molar-refractivity contribution in [1.82, 2.24) is 15.0 Å². The number of esters is 1. The summed E-state index contributed by atoms with van der Waals surface area (Å²) in [6, 6.07) is 5.60. The number of aryl methyl sites for hydroxylation is 1. The number of pyridine rings is 1. The van der Waals surface area contributed by atoms with E-state index >= 15 is 0 Å². The van der Waals surface area contributed by atoms with Gasteiger partial charge in [0.15, 0.2) is 10.8 Å². The molecule has 0 unspecified atom stereocenters. The van der Waals surface area contributed by atoms with Gasteiger partial charge in [0.2, 0.25) is 0 Å². The standard InChI is InChI=1S/C21H22FN3O3S/c1-5-28-20(27)15-12(4)23-18-17(16(15)13-6-8-14(22)9-7-13)19(26)25-21(24-18)29-10-11(2)3/h6-9,11H,5,10H2,1-4H3,(H,23,24,25,26). The molecule has 1 N–H and O–H groups in total. The molecule has 0 saturated heterocycles. The number of hydrogen-bond acceptors (Lipinski definition) is 6. The molecule has 8 heteroatoms. The van der Waals surface area contributed by atoms with Crippen LogP contribution in [0.15, 0.2) is 34.2 Å². The largest absolute Gasteiger partial charge is 0.462 e. The Bertz CT molecular complexity index is 1110. The van der Waals surface area contributed by atoms with Gasteiger partial charge in [0.05, 0.1) is 23.3 Å². The van der Waals surface area contributed by atoms with Crippen molar-refractivity contribution in [2.24, 2.45) is 5.92 Å². The Kier molecular flexibility index (Phi) is 6.32. The summed E-state index contributed by atoms with van der Waals surface area (Å²) in [6.45, 7) is 7.70. The molecule has 0 radical (unpaired) electrons. The SMILES string of the molecule is CCOC(=O)c1c(C)nc2nc(SCC(C)C)[nH]c(=O)c2c1-c1ccc(F)cc1. The van der Waals surface area contributed by atoms with Gasteiger partial charge in [0.25, 0.3) is 5.56 Å². The van der Waals surface area contributed by atoms with Gasteiger partial charge in [-0.25, -0.2) is 19.2 Å². The Balaban J connectivity index is 2.32. The normalized spacial score (nSPS) is 11.2. The molecule has 0 spiro atoms. The first kappa shape index (κ1) is 21.0. The molecule has 152 valence electrons. The minimum absolute atomic E-state index is 0.179. The number of rotatable bonds is 6. The van der Waals surface area contributed by atoms with Crippen LogP contribution in [0.1, 0.15) is 36.8 Å². The Morgan fingerprint density at radius 2 is 1.93 bits per heavy atom. The number of H-pyrrole nitrogens is 1. The van der Waals surface area contributed by atoms with E-state index in [1.165, 1.54) is 36.0 Å². The van der Waals surface area contributed by atoms with Gasteiger partial charge >= 0.3 is 5.97 Å². The fraction of sp³-hybridized carbons (Fsp3) is 0.333. The third kappa shape index (κ3) is 4.48. The Labute approximate surface area is 171 Å². The maximum absolute atomic E-state index is 13.5. The van der Waals surface area contributed by atoms with Crippen LogP contribution in [0.5, 0.6) is 0 Å². The van der Waals surface area contributed by atoms with Gasteiger partial charge in [-0.05, 0) is 37.5 Å². The molecule has 0 aliphatic heterocycles. The maximum atomic E-state index is 13.5. The first-order valence-electron chi connectivity index (χ1n) is 9.32. The first-order chi connectivity index (χ1) is 13.8. The lowest BCUT2D eigenvalue weighted by molar-refractivity contribution is 0.0526. The molecule has 0 bridgehead atoms. The number of ether oxygens (including phenoxy) is 1. The van der Waals surface area contributed by atoms with Crippen LogP contribution in [-0.4, -0.2) is 33.3 Å². The molecule has 1 aromatic carbocycles.